The third-order valence-corrected chi connectivity index (χ3v) is 3.87. The predicted molar refractivity (Wildman–Crippen MR) is 77.8 cm³/mol. The van der Waals surface area contributed by atoms with Crippen LogP contribution in [-0.4, -0.2) is 116 Å². The molecule has 4 atom stereocenters. The third kappa shape index (κ3) is 4.03. The second kappa shape index (κ2) is 7.69. The van der Waals surface area contributed by atoms with Crippen molar-refractivity contribution in [2.75, 3.05) is 6.61 Å². The molecule has 1 radical (unpaired) electrons. The standard InChI is InChI=1S/C10H13N4O8P.K/c15-6-4(1-21-23(18,19)20)22-10(7(6)16)14-3-13-5-8(14)11-2-12-9(5)17;/h2-4,6-7,10,15-16H,1H2,(H,11,12,17)(H2,18,19,20);/t4-,6-,7-,10-;/m1./s1. The summed E-state index contributed by atoms with van der Waals surface area (Å²) in [5, 5.41) is 20.0. The first kappa shape index (κ1) is 20.3. The van der Waals surface area contributed by atoms with Gasteiger partial charge in [0.25, 0.3) is 5.56 Å². The number of rotatable bonds is 4. The summed E-state index contributed by atoms with van der Waals surface area (Å²) in [6.45, 7) is -0.625. The summed E-state index contributed by atoms with van der Waals surface area (Å²) in [4.78, 5) is 39.1. The first-order valence-electron chi connectivity index (χ1n) is 6.40. The summed E-state index contributed by atoms with van der Waals surface area (Å²) in [5.74, 6) is 0. The summed E-state index contributed by atoms with van der Waals surface area (Å²) in [6.07, 6.45) is -2.85. The van der Waals surface area contributed by atoms with E-state index in [2.05, 4.69) is 19.5 Å². The number of aromatic amines is 1. The van der Waals surface area contributed by atoms with E-state index in [9.17, 15) is 19.6 Å². The van der Waals surface area contributed by atoms with Crippen molar-refractivity contribution in [3.05, 3.63) is 23.0 Å². The van der Waals surface area contributed by atoms with Crippen molar-refractivity contribution in [1.29, 1.82) is 0 Å². The summed E-state index contributed by atoms with van der Waals surface area (Å²) in [7, 11) is -4.74. The van der Waals surface area contributed by atoms with E-state index in [1.54, 1.807) is 0 Å². The van der Waals surface area contributed by atoms with E-state index < -0.39 is 44.5 Å². The number of ether oxygens (including phenoxy) is 1. The maximum Gasteiger partial charge on any atom is 0.469 e. The van der Waals surface area contributed by atoms with Gasteiger partial charge < -0.3 is 29.7 Å². The number of hydrogen-bond donors (Lipinski definition) is 5. The number of aliphatic hydroxyl groups excluding tert-OH is 2. The minimum Gasteiger partial charge on any atom is -0.387 e. The molecule has 0 aromatic carbocycles. The molecule has 1 fully saturated rings. The average molecular weight is 387 g/mol. The fourth-order valence-electron chi connectivity index (χ4n) is 2.32. The van der Waals surface area contributed by atoms with Crippen molar-refractivity contribution in [1.82, 2.24) is 19.5 Å². The van der Waals surface area contributed by atoms with E-state index >= 15 is 0 Å². The van der Waals surface area contributed by atoms with Gasteiger partial charge >= 0.3 is 7.82 Å². The molecule has 0 aliphatic carbocycles. The fraction of sp³-hybridized carbons (Fsp3) is 0.500. The van der Waals surface area contributed by atoms with E-state index in [1.165, 1.54) is 10.9 Å². The summed E-state index contributed by atoms with van der Waals surface area (Å²) >= 11 is 0. The monoisotopic (exact) mass is 387 g/mol. The Bertz CT molecular complexity index is 821. The smallest absolute Gasteiger partial charge is 0.387 e. The number of aromatic nitrogens is 4. The number of fused-ring (bicyclic) bond motifs is 1. The molecule has 5 N–H and O–H groups in total. The summed E-state index contributed by atoms with van der Waals surface area (Å²) < 4.78 is 21.6. The van der Waals surface area contributed by atoms with Crippen LogP contribution in [0.2, 0.25) is 0 Å². The Morgan fingerprint density at radius 2 is 2.04 bits per heavy atom. The largest absolute Gasteiger partial charge is 0.469 e. The molecule has 1 saturated heterocycles. The quantitative estimate of drug-likeness (QED) is 0.277. The summed E-state index contributed by atoms with van der Waals surface area (Å²) in [5.41, 5.74) is -0.336. The zero-order valence-corrected chi connectivity index (χ0v) is 16.4. The Morgan fingerprint density at radius 3 is 2.71 bits per heavy atom. The van der Waals surface area contributed by atoms with Crippen LogP contribution in [0.15, 0.2) is 17.4 Å². The van der Waals surface area contributed by atoms with Crippen LogP contribution in [0.4, 0.5) is 0 Å². The zero-order valence-electron chi connectivity index (χ0n) is 12.4. The van der Waals surface area contributed by atoms with Gasteiger partial charge in [-0.25, -0.2) is 14.5 Å². The first-order chi connectivity index (χ1) is 10.8. The van der Waals surface area contributed by atoms with Gasteiger partial charge in [0.1, 0.15) is 18.3 Å². The van der Waals surface area contributed by atoms with E-state index in [4.69, 9.17) is 14.5 Å². The molecule has 0 spiro atoms. The molecule has 0 saturated carbocycles. The maximum absolute atomic E-state index is 11.6. The molecular formula is C10H13KN4O8P. The van der Waals surface area contributed by atoms with Gasteiger partial charge in [0.15, 0.2) is 17.4 Å². The van der Waals surface area contributed by atoms with Crippen molar-refractivity contribution in [3.63, 3.8) is 0 Å². The molecule has 14 heteroatoms. The molecule has 24 heavy (non-hydrogen) atoms. The van der Waals surface area contributed by atoms with Gasteiger partial charge in [0, 0.05) is 51.4 Å². The number of phosphoric ester groups is 1. The van der Waals surface area contributed by atoms with Gasteiger partial charge in [0.2, 0.25) is 0 Å². The van der Waals surface area contributed by atoms with Crippen LogP contribution < -0.4 is 5.56 Å². The molecule has 0 amide bonds. The predicted octanol–water partition coefficient (Wildman–Crippen LogP) is -2.53. The minimum absolute atomic E-state index is 0. The van der Waals surface area contributed by atoms with E-state index in [1.807, 2.05) is 0 Å². The van der Waals surface area contributed by atoms with E-state index in [-0.39, 0.29) is 62.5 Å². The molecule has 1 aliphatic rings. The molecule has 2 aromatic heterocycles. The van der Waals surface area contributed by atoms with Gasteiger partial charge in [-0.3, -0.25) is 13.9 Å². The molecule has 0 bridgehead atoms. The van der Waals surface area contributed by atoms with Crippen molar-refractivity contribution < 1.29 is 33.8 Å². The van der Waals surface area contributed by atoms with Crippen LogP contribution in [-0.2, 0) is 13.8 Å². The summed E-state index contributed by atoms with van der Waals surface area (Å²) in [6, 6.07) is 0. The van der Waals surface area contributed by atoms with E-state index in [0.717, 1.165) is 6.33 Å². The zero-order chi connectivity index (χ0) is 16.8. The van der Waals surface area contributed by atoms with Crippen LogP contribution in [0.5, 0.6) is 0 Å². The average Bonchev–Trinajstić information content (AvgIpc) is 3.01. The van der Waals surface area contributed by atoms with Crippen LogP contribution in [0.3, 0.4) is 0 Å². The van der Waals surface area contributed by atoms with Gasteiger partial charge in [0.05, 0.1) is 19.3 Å². The van der Waals surface area contributed by atoms with Crippen LogP contribution >= 0.6 is 7.82 Å². The van der Waals surface area contributed by atoms with Crippen LogP contribution in [0.1, 0.15) is 6.23 Å². The maximum atomic E-state index is 11.6. The number of nitrogens with zero attached hydrogens (tertiary/aromatic N) is 3. The Hall–Kier alpha value is -0.0236. The van der Waals surface area contributed by atoms with Gasteiger partial charge in [-0.05, 0) is 0 Å². The second-order valence-corrected chi connectivity index (χ2v) is 6.13. The van der Waals surface area contributed by atoms with Crippen molar-refractivity contribution >= 4 is 70.4 Å². The Labute approximate surface area is 176 Å². The number of aliphatic hydroxyl groups is 2. The first-order valence-corrected chi connectivity index (χ1v) is 7.93. The molecule has 12 nitrogen and oxygen atoms in total. The number of imidazole rings is 1. The third-order valence-electron chi connectivity index (χ3n) is 3.38. The van der Waals surface area contributed by atoms with Crippen LogP contribution in [0.25, 0.3) is 11.2 Å². The SMILES string of the molecule is O=c1[nH]cnc2c1ncn2[C@@H]1O[C@H](COP(=O)(O)O)[C@@H](O)[C@H]1O.[K]. The molecule has 3 heterocycles. The van der Waals surface area contributed by atoms with Gasteiger partial charge in [-0.15, -0.1) is 0 Å². The Kier molecular flexibility index (Phi) is 6.50. The van der Waals surface area contributed by atoms with Crippen molar-refractivity contribution in [2.45, 2.75) is 24.5 Å². The van der Waals surface area contributed by atoms with E-state index in [0.29, 0.717) is 0 Å². The molecular weight excluding hydrogens is 374 g/mol. The topological polar surface area (TPSA) is 180 Å². The van der Waals surface area contributed by atoms with Crippen molar-refractivity contribution in [2.24, 2.45) is 0 Å². The number of phosphoric acid groups is 1. The van der Waals surface area contributed by atoms with Crippen molar-refractivity contribution in [3.8, 4) is 0 Å². The van der Waals surface area contributed by atoms with Gasteiger partial charge in [-0.1, -0.05) is 0 Å². The fourth-order valence-corrected chi connectivity index (χ4v) is 2.66. The number of H-pyrrole nitrogens is 1. The number of nitrogens with one attached hydrogen (secondary N) is 1. The minimum atomic E-state index is -4.74. The van der Waals surface area contributed by atoms with Crippen LogP contribution in [0, 0.1) is 0 Å². The molecule has 127 valence electrons. The Morgan fingerprint density at radius 1 is 1.33 bits per heavy atom. The molecule has 3 rings (SSSR count). The number of hydrogen-bond acceptors (Lipinski definition) is 8. The normalized spacial score (nSPS) is 27.3. The second-order valence-electron chi connectivity index (χ2n) is 4.89. The molecule has 2 aromatic rings. The van der Waals surface area contributed by atoms with Gasteiger partial charge in [-0.2, -0.15) is 0 Å². The Balaban J connectivity index is 0.00000208. The molecule has 0 unspecified atom stereocenters. The molecule has 1 aliphatic heterocycles.